The van der Waals surface area contributed by atoms with Crippen LogP contribution in [0.2, 0.25) is 0 Å². The lowest BCUT2D eigenvalue weighted by Crippen LogP contribution is -2.32. The smallest absolute Gasteiger partial charge is 0.220 e. The van der Waals surface area contributed by atoms with E-state index < -0.39 is 0 Å². The summed E-state index contributed by atoms with van der Waals surface area (Å²) < 4.78 is 2.22. The van der Waals surface area contributed by atoms with Crippen LogP contribution < -0.4 is 5.32 Å². The predicted molar refractivity (Wildman–Crippen MR) is 72.7 cm³/mol. The number of nitrogens with zero attached hydrogens (tertiary/aromatic N) is 1. The molecule has 0 bridgehead atoms. The van der Waals surface area contributed by atoms with Crippen LogP contribution in [-0.4, -0.2) is 21.6 Å². The van der Waals surface area contributed by atoms with Crippen LogP contribution in [0.25, 0.3) is 0 Å². The van der Waals surface area contributed by atoms with Gasteiger partial charge < -0.3 is 15.0 Å². The van der Waals surface area contributed by atoms with Gasteiger partial charge in [-0.1, -0.05) is 13.8 Å². The fourth-order valence-corrected chi connectivity index (χ4v) is 3.41. The summed E-state index contributed by atoms with van der Waals surface area (Å²) in [6.07, 6.45) is 5.08. The average Bonchev–Trinajstić information content (AvgIpc) is 2.86. The number of aliphatic hydroxyl groups is 1. The molecule has 1 aromatic heterocycles. The van der Waals surface area contributed by atoms with E-state index in [-0.39, 0.29) is 23.5 Å². The van der Waals surface area contributed by atoms with Crippen LogP contribution in [0.1, 0.15) is 50.5 Å². The van der Waals surface area contributed by atoms with Crippen molar-refractivity contribution in [2.75, 3.05) is 0 Å². The molecule has 4 heteroatoms. The molecule has 2 unspecified atom stereocenters. The van der Waals surface area contributed by atoms with Crippen LogP contribution in [0.3, 0.4) is 0 Å². The van der Waals surface area contributed by atoms with Crippen LogP contribution in [-0.2, 0) is 17.8 Å². The molecule has 4 nitrogen and oxygen atoms in total. The van der Waals surface area contributed by atoms with Gasteiger partial charge in [0.1, 0.15) is 0 Å². The Morgan fingerprint density at radius 1 is 1.53 bits per heavy atom. The molecule has 1 amide bonds. The van der Waals surface area contributed by atoms with Crippen molar-refractivity contribution >= 4 is 5.91 Å². The number of carbonyl (C=O) groups is 1. The molecule has 1 aromatic rings. The average molecular weight is 262 g/mol. The number of carbonyl (C=O) groups excluding carboxylic acids is 1. The van der Waals surface area contributed by atoms with E-state index in [1.165, 1.54) is 5.69 Å². The number of rotatable bonds is 2. The first-order valence-corrected chi connectivity index (χ1v) is 7.10. The zero-order valence-corrected chi connectivity index (χ0v) is 11.6. The molecule has 1 aliphatic heterocycles. The molecule has 1 aliphatic carbocycles. The molecule has 2 N–H and O–H groups in total. The molecule has 2 atom stereocenters. The Bertz CT molecular complexity index is 504. The highest BCUT2D eigenvalue weighted by molar-refractivity contribution is 5.78. The van der Waals surface area contributed by atoms with Crippen molar-refractivity contribution in [3.63, 3.8) is 0 Å². The first kappa shape index (κ1) is 12.7. The lowest BCUT2D eigenvalue weighted by atomic mass is 9.75. The van der Waals surface area contributed by atoms with Crippen LogP contribution in [0, 0.1) is 5.41 Å². The summed E-state index contributed by atoms with van der Waals surface area (Å²) in [6, 6.07) is 2.28. The molecule has 3 rings (SSSR count). The first-order chi connectivity index (χ1) is 8.94. The lowest BCUT2D eigenvalue weighted by Gasteiger charge is -2.34. The Morgan fingerprint density at radius 3 is 3.00 bits per heavy atom. The maximum atomic E-state index is 11.3. The van der Waals surface area contributed by atoms with Crippen molar-refractivity contribution in [1.82, 2.24) is 9.88 Å². The van der Waals surface area contributed by atoms with E-state index in [2.05, 4.69) is 29.9 Å². The third kappa shape index (κ3) is 2.41. The van der Waals surface area contributed by atoms with Crippen molar-refractivity contribution in [3.05, 3.63) is 23.5 Å². The number of aliphatic hydroxyl groups excluding tert-OH is 1. The highest BCUT2D eigenvalue weighted by Gasteiger charge is 2.33. The minimum absolute atomic E-state index is 0.140. The minimum atomic E-state index is -0.349. The molecule has 1 fully saturated rings. The van der Waals surface area contributed by atoms with Crippen LogP contribution in [0.4, 0.5) is 0 Å². The number of fused-ring (bicyclic) bond motifs is 1. The van der Waals surface area contributed by atoms with Crippen LogP contribution in [0.5, 0.6) is 0 Å². The molecule has 2 heterocycles. The van der Waals surface area contributed by atoms with E-state index in [1.54, 1.807) is 0 Å². The number of hydrogen-bond acceptors (Lipinski definition) is 2. The molecule has 0 spiro atoms. The molecule has 0 radical (unpaired) electrons. The summed E-state index contributed by atoms with van der Waals surface area (Å²) in [5, 5.41) is 13.2. The second-order valence-corrected chi connectivity index (χ2v) is 6.73. The maximum absolute atomic E-state index is 11.3. The molecule has 0 saturated carbocycles. The standard InChI is InChI=1S/C15H22N2O2/c1-15(2)7-12-11(13(18)8-15)5-6-17(12)9-10-3-4-14(19)16-10/h5-6,10,13,18H,3-4,7-9H2,1-2H3,(H,16,19). The van der Waals surface area contributed by atoms with Gasteiger partial charge in [-0.2, -0.15) is 0 Å². The fraction of sp³-hybridized carbons (Fsp3) is 0.667. The lowest BCUT2D eigenvalue weighted by molar-refractivity contribution is -0.119. The van der Waals surface area contributed by atoms with Crippen LogP contribution >= 0.6 is 0 Å². The molecule has 1 saturated heterocycles. The van der Waals surface area contributed by atoms with E-state index in [4.69, 9.17) is 0 Å². The highest BCUT2D eigenvalue weighted by Crippen LogP contribution is 2.41. The van der Waals surface area contributed by atoms with Crippen LogP contribution in [0.15, 0.2) is 12.3 Å². The van der Waals surface area contributed by atoms with Crippen molar-refractivity contribution in [1.29, 1.82) is 0 Å². The van der Waals surface area contributed by atoms with Crippen molar-refractivity contribution < 1.29 is 9.90 Å². The van der Waals surface area contributed by atoms with Gasteiger partial charge in [0.05, 0.1) is 6.10 Å². The van der Waals surface area contributed by atoms with Gasteiger partial charge >= 0.3 is 0 Å². The highest BCUT2D eigenvalue weighted by atomic mass is 16.3. The van der Waals surface area contributed by atoms with E-state index in [0.29, 0.717) is 6.42 Å². The molecule has 19 heavy (non-hydrogen) atoms. The Hall–Kier alpha value is -1.29. The first-order valence-electron chi connectivity index (χ1n) is 7.10. The minimum Gasteiger partial charge on any atom is -0.388 e. The Balaban J connectivity index is 1.82. The number of amides is 1. The van der Waals surface area contributed by atoms with Crippen molar-refractivity contribution in [2.24, 2.45) is 5.41 Å². The van der Waals surface area contributed by atoms with Crippen molar-refractivity contribution in [2.45, 2.75) is 58.2 Å². The quantitative estimate of drug-likeness (QED) is 0.853. The number of hydrogen-bond donors (Lipinski definition) is 2. The van der Waals surface area contributed by atoms with E-state index in [1.807, 2.05) is 6.07 Å². The van der Waals surface area contributed by atoms with Gasteiger partial charge in [0, 0.05) is 36.5 Å². The molecule has 104 valence electrons. The van der Waals surface area contributed by atoms with Gasteiger partial charge in [0.15, 0.2) is 0 Å². The normalized spacial score (nSPS) is 29.1. The predicted octanol–water partition coefficient (Wildman–Crippen LogP) is 1.77. The summed E-state index contributed by atoms with van der Waals surface area (Å²) >= 11 is 0. The molecular weight excluding hydrogens is 240 g/mol. The van der Waals surface area contributed by atoms with Gasteiger partial charge in [-0.25, -0.2) is 0 Å². The third-order valence-corrected chi connectivity index (χ3v) is 4.37. The number of nitrogens with one attached hydrogen (secondary N) is 1. The molecular formula is C15H22N2O2. The fourth-order valence-electron chi connectivity index (χ4n) is 3.41. The SMILES string of the molecule is CC1(C)Cc2c(ccn2CC2CCC(=O)N2)C(O)C1. The summed E-state index contributed by atoms with van der Waals surface area (Å²) in [5.41, 5.74) is 2.45. The van der Waals surface area contributed by atoms with Gasteiger partial charge in [-0.15, -0.1) is 0 Å². The van der Waals surface area contributed by atoms with Crippen molar-refractivity contribution in [3.8, 4) is 0 Å². The Kier molecular flexibility index (Phi) is 2.93. The molecule has 2 aliphatic rings. The van der Waals surface area contributed by atoms with Gasteiger partial charge in [-0.05, 0) is 30.7 Å². The maximum Gasteiger partial charge on any atom is 0.220 e. The second kappa shape index (κ2) is 4.37. The molecule has 0 aromatic carbocycles. The summed E-state index contributed by atoms with van der Waals surface area (Å²) in [7, 11) is 0. The zero-order valence-electron chi connectivity index (χ0n) is 11.6. The topological polar surface area (TPSA) is 54.3 Å². The van der Waals surface area contributed by atoms with Gasteiger partial charge in [0.25, 0.3) is 0 Å². The summed E-state index contributed by atoms with van der Waals surface area (Å²) in [4.78, 5) is 11.3. The summed E-state index contributed by atoms with van der Waals surface area (Å²) in [6.45, 7) is 5.23. The third-order valence-electron chi connectivity index (χ3n) is 4.37. The zero-order chi connectivity index (χ0) is 13.6. The van der Waals surface area contributed by atoms with E-state index in [9.17, 15) is 9.90 Å². The Morgan fingerprint density at radius 2 is 2.32 bits per heavy atom. The monoisotopic (exact) mass is 262 g/mol. The van der Waals surface area contributed by atoms with E-state index in [0.717, 1.165) is 31.4 Å². The van der Waals surface area contributed by atoms with Gasteiger partial charge in [-0.3, -0.25) is 4.79 Å². The Labute approximate surface area is 113 Å². The summed E-state index contributed by atoms with van der Waals surface area (Å²) in [5.74, 6) is 0.159. The van der Waals surface area contributed by atoms with Gasteiger partial charge in [0.2, 0.25) is 5.91 Å². The van der Waals surface area contributed by atoms with E-state index >= 15 is 0 Å². The number of aromatic nitrogens is 1. The second-order valence-electron chi connectivity index (χ2n) is 6.73. The largest absolute Gasteiger partial charge is 0.388 e.